The van der Waals surface area contributed by atoms with Crippen LogP contribution in [-0.2, 0) is 11.2 Å². The second-order valence-corrected chi connectivity index (χ2v) is 8.07. The van der Waals surface area contributed by atoms with Crippen molar-refractivity contribution in [1.82, 2.24) is 19.9 Å². The summed E-state index contributed by atoms with van der Waals surface area (Å²) in [7, 11) is 0. The molecule has 1 aliphatic heterocycles. The number of halogens is 1. The van der Waals surface area contributed by atoms with E-state index in [1.807, 2.05) is 18.2 Å². The van der Waals surface area contributed by atoms with Gasteiger partial charge in [0.05, 0.1) is 24.0 Å². The van der Waals surface area contributed by atoms with E-state index in [1.54, 1.807) is 4.90 Å². The van der Waals surface area contributed by atoms with Gasteiger partial charge in [0, 0.05) is 28.2 Å². The molecule has 0 saturated heterocycles. The van der Waals surface area contributed by atoms with Crippen molar-refractivity contribution in [3.63, 3.8) is 0 Å². The summed E-state index contributed by atoms with van der Waals surface area (Å²) in [6, 6.07) is 5.07. The minimum Gasteiger partial charge on any atom is -0.481 e. The number of hydrogen-bond donors (Lipinski definition) is 3. The number of amides is 1. The fourth-order valence-electron chi connectivity index (χ4n) is 4.74. The summed E-state index contributed by atoms with van der Waals surface area (Å²) in [6.07, 6.45) is 5.52. The molecule has 1 aliphatic carbocycles. The summed E-state index contributed by atoms with van der Waals surface area (Å²) in [5, 5.41) is 11.8. The highest BCUT2D eigenvalue weighted by molar-refractivity contribution is 6.31. The minimum absolute atomic E-state index is 0.225. The van der Waals surface area contributed by atoms with Crippen molar-refractivity contribution in [3.8, 4) is 0 Å². The highest BCUT2D eigenvalue weighted by Gasteiger charge is 2.56. The topological polar surface area (TPSA) is 102 Å². The lowest BCUT2D eigenvalue weighted by atomic mass is 9.61. The van der Waals surface area contributed by atoms with Gasteiger partial charge in [-0.25, -0.2) is 4.98 Å². The lowest BCUT2D eigenvalue weighted by molar-refractivity contribution is -0.161. The van der Waals surface area contributed by atoms with Gasteiger partial charge in [-0.2, -0.15) is 0 Å². The van der Waals surface area contributed by atoms with Crippen LogP contribution >= 0.6 is 11.6 Å². The van der Waals surface area contributed by atoms with Crippen LogP contribution in [0.1, 0.15) is 47.1 Å². The number of carboxylic acid groups (broad SMARTS) is 1. The number of carboxylic acids is 1. The average molecular weight is 399 g/mol. The fourth-order valence-corrected chi connectivity index (χ4v) is 4.92. The number of H-pyrrole nitrogens is 2. The third-order valence-electron chi connectivity index (χ3n) is 6.27. The Balaban J connectivity index is 1.70. The van der Waals surface area contributed by atoms with Gasteiger partial charge in [-0.1, -0.05) is 18.0 Å². The van der Waals surface area contributed by atoms with E-state index in [1.165, 1.54) is 12.5 Å². The number of carbonyl (C=O) groups is 2. The number of aromatic nitrogens is 3. The van der Waals surface area contributed by atoms with E-state index in [2.05, 4.69) is 15.0 Å². The number of aromatic amines is 2. The first-order chi connectivity index (χ1) is 13.5. The molecule has 1 aromatic carbocycles. The molecule has 7 nitrogen and oxygen atoms in total. The lowest BCUT2D eigenvalue weighted by Crippen LogP contribution is -2.54. The van der Waals surface area contributed by atoms with Crippen LogP contribution in [0.5, 0.6) is 0 Å². The van der Waals surface area contributed by atoms with Crippen molar-refractivity contribution in [3.05, 3.63) is 52.7 Å². The molecule has 0 radical (unpaired) electrons. The van der Waals surface area contributed by atoms with E-state index in [4.69, 9.17) is 11.6 Å². The second-order valence-electron chi connectivity index (χ2n) is 7.64. The second kappa shape index (κ2) is 6.10. The maximum Gasteiger partial charge on any atom is 0.312 e. The zero-order valence-electron chi connectivity index (χ0n) is 15.0. The van der Waals surface area contributed by atoms with Crippen LogP contribution in [0.25, 0.3) is 10.9 Å². The standard InChI is InChI=1S/C20H19ClN4O3/c21-11-2-3-14-13(8-11)12-4-7-25(18(26)15-9-22-10-23-15)17(16(12)24-14)20(19(27)28)5-1-6-20/h2-3,8-10,17,24H,1,4-7H2,(H,22,23)(H,27,28). The molecule has 3 N–H and O–H groups in total. The highest BCUT2D eigenvalue weighted by Crippen LogP contribution is 2.55. The normalized spacial score (nSPS) is 20.6. The molecule has 144 valence electrons. The number of nitrogens with zero attached hydrogens (tertiary/aromatic N) is 2. The number of benzene rings is 1. The number of carbonyl (C=O) groups excluding carboxylic acids is 1. The molecule has 2 aromatic heterocycles. The molecule has 1 atom stereocenters. The van der Waals surface area contributed by atoms with E-state index in [-0.39, 0.29) is 5.91 Å². The molecule has 1 fully saturated rings. The fraction of sp³-hybridized carbons (Fsp3) is 0.350. The number of rotatable bonds is 3. The monoisotopic (exact) mass is 398 g/mol. The van der Waals surface area contributed by atoms with Gasteiger partial charge >= 0.3 is 5.97 Å². The number of aliphatic carboxylic acids is 1. The van der Waals surface area contributed by atoms with Crippen molar-refractivity contribution in [2.75, 3.05) is 6.54 Å². The van der Waals surface area contributed by atoms with Gasteiger partial charge in [-0.15, -0.1) is 0 Å². The molecule has 1 saturated carbocycles. The molecule has 28 heavy (non-hydrogen) atoms. The molecule has 2 aliphatic rings. The molecule has 3 aromatic rings. The largest absolute Gasteiger partial charge is 0.481 e. The van der Waals surface area contributed by atoms with Gasteiger partial charge in [0.15, 0.2) is 0 Å². The Kier molecular flexibility index (Phi) is 3.77. The number of hydrogen-bond acceptors (Lipinski definition) is 3. The molecule has 5 rings (SSSR count). The molecule has 3 heterocycles. The Morgan fingerprint density at radius 3 is 2.79 bits per heavy atom. The van der Waals surface area contributed by atoms with Gasteiger partial charge in [-0.05, 0) is 43.0 Å². The zero-order valence-corrected chi connectivity index (χ0v) is 15.8. The Bertz CT molecular complexity index is 1080. The summed E-state index contributed by atoms with van der Waals surface area (Å²) in [5.41, 5.74) is 2.18. The molecule has 8 heteroatoms. The first-order valence-corrected chi connectivity index (χ1v) is 9.72. The first-order valence-electron chi connectivity index (χ1n) is 9.34. The van der Waals surface area contributed by atoms with E-state index in [0.717, 1.165) is 28.6 Å². The average Bonchev–Trinajstić information content (AvgIpc) is 3.28. The van der Waals surface area contributed by atoms with E-state index < -0.39 is 17.4 Å². The number of imidazole rings is 1. The molecular weight excluding hydrogens is 380 g/mol. The summed E-state index contributed by atoms with van der Waals surface area (Å²) < 4.78 is 0. The van der Waals surface area contributed by atoms with E-state index in [9.17, 15) is 14.7 Å². The molecule has 1 amide bonds. The first kappa shape index (κ1) is 17.3. The third-order valence-corrected chi connectivity index (χ3v) is 6.51. The SMILES string of the molecule is O=C(c1cnc[nH]1)N1CCc2c([nH]c3ccc(Cl)cc23)C1C1(C(=O)O)CCC1. The summed E-state index contributed by atoms with van der Waals surface area (Å²) >= 11 is 6.20. The summed E-state index contributed by atoms with van der Waals surface area (Å²) in [5.74, 6) is -1.08. The van der Waals surface area contributed by atoms with Gasteiger partial charge in [0.1, 0.15) is 5.69 Å². The maximum atomic E-state index is 13.2. The quantitative estimate of drug-likeness (QED) is 0.627. The van der Waals surface area contributed by atoms with Crippen molar-refractivity contribution >= 4 is 34.4 Å². The van der Waals surface area contributed by atoms with Crippen LogP contribution in [-0.4, -0.2) is 43.4 Å². The highest BCUT2D eigenvalue weighted by atomic mass is 35.5. The Morgan fingerprint density at radius 2 is 2.14 bits per heavy atom. The van der Waals surface area contributed by atoms with Gasteiger partial charge in [0.2, 0.25) is 0 Å². The number of nitrogens with one attached hydrogen (secondary N) is 2. The minimum atomic E-state index is -0.977. The van der Waals surface area contributed by atoms with Crippen LogP contribution in [0.2, 0.25) is 5.02 Å². The molecular formula is C20H19ClN4O3. The van der Waals surface area contributed by atoms with Gasteiger partial charge in [0.25, 0.3) is 5.91 Å². The van der Waals surface area contributed by atoms with Crippen LogP contribution < -0.4 is 0 Å². The molecule has 0 spiro atoms. The van der Waals surface area contributed by atoms with Crippen LogP contribution in [0.15, 0.2) is 30.7 Å². The van der Waals surface area contributed by atoms with E-state index in [0.29, 0.717) is 36.5 Å². The molecule has 1 unspecified atom stereocenters. The lowest BCUT2D eigenvalue weighted by Gasteiger charge is -2.50. The Hall–Kier alpha value is -2.80. The van der Waals surface area contributed by atoms with Crippen molar-refractivity contribution in [2.45, 2.75) is 31.7 Å². The zero-order chi connectivity index (χ0) is 19.5. The van der Waals surface area contributed by atoms with Crippen LogP contribution in [0.3, 0.4) is 0 Å². The maximum absolute atomic E-state index is 13.2. The van der Waals surface area contributed by atoms with Crippen LogP contribution in [0.4, 0.5) is 0 Å². The smallest absolute Gasteiger partial charge is 0.312 e. The predicted molar refractivity (Wildman–Crippen MR) is 103 cm³/mol. The van der Waals surface area contributed by atoms with Crippen molar-refractivity contribution < 1.29 is 14.7 Å². The third kappa shape index (κ3) is 2.32. The van der Waals surface area contributed by atoms with Crippen molar-refractivity contribution in [2.24, 2.45) is 5.41 Å². The number of fused-ring (bicyclic) bond motifs is 3. The Morgan fingerprint density at radius 1 is 1.32 bits per heavy atom. The Labute approximate surface area is 165 Å². The van der Waals surface area contributed by atoms with Crippen LogP contribution in [0, 0.1) is 5.41 Å². The predicted octanol–water partition coefficient (Wildman–Crippen LogP) is 3.54. The van der Waals surface area contributed by atoms with Crippen molar-refractivity contribution in [1.29, 1.82) is 0 Å². The summed E-state index contributed by atoms with van der Waals surface area (Å²) in [6.45, 7) is 0.448. The van der Waals surface area contributed by atoms with E-state index >= 15 is 0 Å². The molecule has 0 bridgehead atoms. The van der Waals surface area contributed by atoms with Gasteiger partial charge < -0.3 is 20.0 Å². The summed E-state index contributed by atoms with van der Waals surface area (Å²) in [4.78, 5) is 37.4. The van der Waals surface area contributed by atoms with Gasteiger partial charge in [-0.3, -0.25) is 9.59 Å².